The first-order valence-corrected chi connectivity index (χ1v) is 6.82. The van der Waals surface area contributed by atoms with Crippen molar-refractivity contribution in [3.63, 3.8) is 0 Å². The van der Waals surface area contributed by atoms with Crippen molar-refractivity contribution in [3.05, 3.63) is 35.4 Å². The Hall–Kier alpha value is -1.88. The van der Waals surface area contributed by atoms with Crippen molar-refractivity contribution >= 4 is 11.9 Å². The van der Waals surface area contributed by atoms with E-state index >= 15 is 0 Å². The van der Waals surface area contributed by atoms with Crippen molar-refractivity contribution < 1.29 is 14.7 Å². The summed E-state index contributed by atoms with van der Waals surface area (Å²) in [6.07, 6.45) is 0.663. The van der Waals surface area contributed by atoms with E-state index in [-0.39, 0.29) is 11.8 Å². The minimum atomic E-state index is -0.951. The average molecular weight is 276 g/mol. The van der Waals surface area contributed by atoms with Crippen LogP contribution in [0.4, 0.5) is 0 Å². The Balaban J connectivity index is 2.22. The zero-order valence-electron chi connectivity index (χ0n) is 11.6. The number of fused-ring (bicyclic) bond motifs is 1. The molecule has 1 aliphatic rings. The Morgan fingerprint density at radius 1 is 1.40 bits per heavy atom. The molecule has 2 rings (SSSR count). The van der Waals surface area contributed by atoms with E-state index in [0.29, 0.717) is 25.9 Å². The van der Waals surface area contributed by atoms with Crippen LogP contribution in [0.1, 0.15) is 24.5 Å². The lowest BCUT2D eigenvalue weighted by atomic mass is 9.93. The molecule has 0 saturated carbocycles. The maximum atomic E-state index is 12.3. The summed E-state index contributed by atoms with van der Waals surface area (Å²) in [5, 5.41) is 9.36. The van der Waals surface area contributed by atoms with Gasteiger partial charge in [0.1, 0.15) is 6.04 Å². The van der Waals surface area contributed by atoms with Gasteiger partial charge < -0.3 is 15.7 Å². The van der Waals surface area contributed by atoms with Gasteiger partial charge in [-0.25, -0.2) is 4.79 Å². The molecular weight excluding hydrogens is 256 g/mol. The van der Waals surface area contributed by atoms with E-state index in [1.54, 1.807) is 0 Å². The van der Waals surface area contributed by atoms with Crippen molar-refractivity contribution in [2.24, 2.45) is 11.7 Å². The number of nitrogens with zero attached hydrogens (tertiary/aromatic N) is 1. The standard InChI is InChI=1S/C15H20N2O3/c1-10(8-16)6-14(18)17-9-12-5-3-2-4-11(12)7-13(17)15(19)20/h2-5,10,13H,6-9,16H2,1H3,(H,19,20)/t10?,13-/m1/s1. The van der Waals surface area contributed by atoms with Gasteiger partial charge in [0, 0.05) is 19.4 Å². The fourth-order valence-corrected chi connectivity index (χ4v) is 2.50. The number of carboxylic acid groups (broad SMARTS) is 1. The van der Waals surface area contributed by atoms with Crippen LogP contribution < -0.4 is 5.73 Å². The van der Waals surface area contributed by atoms with Crippen LogP contribution in [0.3, 0.4) is 0 Å². The lowest BCUT2D eigenvalue weighted by Gasteiger charge is -2.35. The summed E-state index contributed by atoms with van der Waals surface area (Å²) in [6.45, 7) is 2.68. The number of nitrogens with two attached hydrogens (primary N) is 1. The zero-order chi connectivity index (χ0) is 14.7. The molecule has 1 amide bonds. The lowest BCUT2D eigenvalue weighted by Crippen LogP contribution is -2.49. The quantitative estimate of drug-likeness (QED) is 0.859. The third kappa shape index (κ3) is 2.99. The first-order valence-electron chi connectivity index (χ1n) is 6.82. The van der Waals surface area contributed by atoms with E-state index in [4.69, 9.17) is 5.73 Å². The Kier molecular flexibility index (Phi) is 4.39. The molecule has 2 atom stereocenters. The second kappa shape index (κ2) is 6.05. The molecule has 0 aromatic heterocycles. The molecule has 0 fully saturated rings. The van der Waals surface area contributed by atoms with Crippen molar-refractivity contribution in [2.75, 3.05) is 6.54 Å². The monoisotopic (exact) mass is 276 g/mol. The molecule has 0 spiro atoms. The number of rotatable bonds is 4. The van der Waals surface area contributed by atoms with Gasteiger partial charge in [-0.2, -0.15) is 0 Å². The van der Waals surface area contributed by atoms with E-state index in [0.717, 1.165) is 11.1 Å². The molecule has 0 radical (unpaired) electrons. The van der Waals surface area contributed by atoms with Crippen LogP contribution in [0.5, 0.6) is 0 Å². The SMILES string of the molecule is CC(CN)CC(=O)N1Cc2ccccc2C[C@@H]1C(=O)O. The molecule has 0 aliphatic carbocycles. The van der Waals surface area contributed by atoms with E-state index < -0.39 is 12.0 Å². The number of hydrogen-bond donors (Lipinski definition) is 2. The van der Waals surface area contributed by atoms with Gasteiger partial charge >= 0.3 is 5.97 Å². The largest absolute Gasteiger partial charge is 0.480 e. The molecule has 1 unspecified atom stereocenters. The highest BCUT2D eigenvalue weighted by atomic mass is 16.4. The van der Waals surface area contributed by atoms with Crippen LogP contribution in [0.15, 0.2) is 24.3 Å². The van der Waals surface area contributed by atoms with Gasteiger partial charge in [0.05, 0.1) is 0 Å². The van der Waals surface area contributed by atoms with Gasteiger partial charge in [-0.1, -0.05) is 31.2 Å². The third-order valence-corrected chi connectivity index (χ3v) is 3.78. The van der Waals surface area contributed by atoms with E-state index in [9.17, 15) is 14.7 Å². The number of benzene rings is 1. The van der Waals surface area contributed by atoms with Crippen molar-refractivity contribution in [1.29, 1.82) is 0 Å². The second-order valence-corrected chi connectivity index (χ2v) is 5.39. The number of amides is 1. The van der Waals surface area contributed by atoms with Crippen molar-refractivity contribution in [1.82, 2.24) is 4.90 Å². The van der Waals surface area contributed by atoms with Crippen LogP contribution >= 0.6 is 0 Å². The first-order chi connectivity index (χ1) is 9.52. The van der Waals surface area contributed by atoms with Gasteiger partial charge in [0.25, 0.3) is 0 Å². The van der Waals surface area contributed by atoms with Crippen molar-refractivity contribution in [3.8, 4) is 0 Å². The predicted molar refractivity (Wildman–Crippen MR) is 75.0 cm³/mol. The molecule has 0 saturated heterocycles. The zero-order valence-corrected chi connectivity index (χ0v) is 11.6. The summed E-state index contributed by atoms with van der Waals surface area (Å²) in [5.41, 5.74) is 7.57. The smallest absolute Gasteiger partial charge is 0.326 e. The first kappa shape index (κ1) is 14.5. The van der Waals surface area contributed by atoms with Crippen LogP contribution in [-0.4, -0.2) is 34.5 Å². The fourth-order valence-electron chi connectivity index (χ4n) is 2.50. The highest BCUT2D eigenvalue weighted by Crippen LogP contribution is 2.24. The van der Waals surface area contributed by atoms with Gasteiger partial charge in [0.2, 0.25) is 5.91 Å². The van der Waals surface area contributed by atoms with E-state index in [1.165, 1.54) is 4.90 Å². The van der Waals surface area contributed by atoms with Crippen LogP contribution in [-0.2, 0) is 22.6 Å². The number of carboxylic acids is 1. The number of carbonyl (C=O) groups is 2. The topological polar surface area (TPSA) is 83.6 Å². The number of aliphatic carboxylic acids is 1. The number of carbonyl (C=O) groups excluding carboxylic acids is 1. The summed E-state index contributed by atoms with van der Waals surface area (Å²) in [5.74, 6) is -1.02. The third-order valence-electron chi connectivity index (χ3n) is 3.78. The van der Waals surface area contributed by atoms with E-state index in [1.807, 2.05) is 31.2 Å². The highest BCUT2D eigenvalue weighted by molar-refractivity contribution is 5.84. The van der Waals surface area contributed by atoms with Gasteiger partial charge in [-0.3, -0.25) is 4.79 Å². The highest BCUT2D eigenvalue weighted by Gasteiger charge is 2.34. The summed E-state index contributed by atoms with van der Waals surface area (Å²) >= 11 is 0. The maximum Gasteiger partial charge on any atom is 0.326 e. The molecule has 1 aromatic carbocycles. The Labute approximate surface area is 118 Å². The minimum Gasteiger partial charge on any atom is -0.480 e. The van der Waals surface area contributed by atoms with Gasteiger partial charge in [-0.05, 0) is 23.6 Å². The molecule has 3 N–H and O–H groups in total. The van der Waals surface area contributed by atoms with Crippen LogP contribution in [0.25, 0.3) is 0 Å². The maximum absolute atomic E-state index is 12.3. The molecule has 1 heterocycles. The molecule has 20 heavy (non-hydrogen) atoms. The van der Waals surface area contributed by atoms with E-state index in [2.05, 4.69) is 0 Å². The normalized spacial score (nSPS) is 19.3. The molecule has 5 heteroatoms. The van der Waals surface area contributed by atoms with Gasteiger partial charge in [-0.15, -0.1) is 0 Å². The Morgan fingerprint density at radius 2 is 2.05 bits per heavy atom. The Morgan fingerprint density at radius 3 is 2.65 bits per heavy atom. The molecule has 1 aromatic rings. The average Bonchev–Trinajstić information content (AvgIpc) is 2.45. The van der Waals surface area contributed by atoms with Crippen LogP contribution in [0.2, 0.25) is 0 Å². The second-order valence-electron chi connectivity index (χ2n) is 5.39. The summed E-state index contributed by atoms with van der Waals surface area (Å²) < 4.78 is 0. The molecule has 5 nitrogen and oxygen atoms in total. The molecular formula is C15H20N2O3. The summed E-state index contributed by atoms with van der Waals surface area (Å²) in [6, 6.07) is 6.90. The molecule has 108 valence electrons. The Bertz CT molecular complexity index is 516. The van der Waals surface area contributed by atoms with Gasteiger partial charge in [0.15, 0.2) is 0 Å². The van der Waals surface area contributed by atoms with Crippen molar-refractivity contribution in [2.45, 2.75) is 32.4 Å². The summed E-state index contributed by atoms with van der Waals surface area (Å²) in [7, 11) is 0. The fraction of sp³-hybridized carbons (Fsp3) is 0.467. The summed E-state index contributed by atoms with van der Waals surface area (Å²) in [4.78, 5) is 25.2. The molecule has 0 bridgehead atoms. The minimum absolute atomic E-state index is 0.0640. The predicted octanol–water partition coefficient (Wildman–Crippen LogP) is 1.01. The number of hydrogen-bond acceptors (Lipinski definition) is 3. The molecule has 1 aliphatic heterocycles. The lowest BCUT2D eigenvalue weighted by molar-refractivity contribution is -0.151. The van der Waals surface area contributed by atoms with Crippen LogP contribution in [0, 0.1) is 5.92 Å².